The van der Waals surface area contributed by atoms with Crippen molar-refractivity contribution in [2.45, 2.75) is 12.8 Å². The molecule has 0 atom stereocenters. The van der Waals surface area contributed by atoms with E-state index in [-0.39, 0.29) is 0 Å². The first kappa shape index (κ1) is 9.59. The predicted molar refractivity (Wildman–Crippen MR) is 56.6 cm³/mol. The van der Waals surface area contributed by atoms with E-state index < -0.39 is 0 Å². The average molecular weight is 174 g/mol. The van der Waals surface area contributed by atoms with Gasteiger partial charge in [0, 0.05) is 0 Å². The molecule has 1 nitrogen and oxygen atoms in total. The third-order valence-corrected chi connectivity index (χ3v) is 1.74. The fourth-order valence-electron chi connectivity index (χ4n) is 1.02. The first-order chi connectivity index (χ1) is 6.33. The van der Waals surface area contributed by atoms with Crippen LogP contribution < -0.4 is 0 Å². The highest BCUT2D eigenvalue weighted by molar-refractivity contribution is 5.50. The van der Waals surface area contributed by atoms with Crippen molar-refractivity contribution in [3.63, 3.8) is 0 Å². The monoisotopic (exact) mass is 174 g/mol. The molecule has 1 rings (SSSR count). The van der Waals surface area contributed by atoms with Gasteiger partial charge in [-0.15, -0.1) is 6.58 Å². The summed E-state index contributed by atoms with van der Waals surface area (Å²) >= 11 is 0. The van der Waals surface area contributed by atoms with E-state index in [1.165, 1.54) is 0 Å². The van der Waals surface area contributed by atoms with Gasteiger partial charge in [-0.25, -0.2) is 0 Å². The number of unbranched alkanes of at least 4 members (excludes halogenated alkanes) is 1. The minimum atomic E-state index is 0.309. The van der Waals surface area contributed by atoms with Crippen LogP contribution in [-0.4, -0.2) is 5.11 Å². The topological polar surface area (TPSA) is 20.2 Å². The molecule has 1 aromatic carbocycles. The summed E-state index contributed by atoms with van der Waals surface area (Å²) < 4.78 is 0. The van der Waals surface area contributed by atoms with Gasteiger partial charge in [0.05, 0.1) is 0 Å². The molecule has 0 aliphatic heterocycles. The molecule has 68 valence electrons. The summed E-state index contributed by atoms with van der Waals surface area (Å²) in [5.74, 6) is 0.309. The average Bonchev–Trinajstić information content (AvgIpc) is 2.15. The van der Waals surface area contributed by atoms with Crippen molar-refractivity contribution in [3.05, 3.63) is 48.6 Å². The Balaban J connectivity index is 2.49. The van der Waals surface area contributed by atoms with Gasteiger partial charge in [-0.2, -0.15) is 0 Å². The Morgan fingerprint density at radius 2 is 1.85 bits per heavy atom. The van der Waals surface area contributed by atoms with Crippen LogP contribution in [0.2, 0.25) is 0 Å². The number of aromatic hydroxyl groups is 1. The normalized spacial score (nSPS) is 10.5. The van der Waals surface area contributed by atoms with Crippen LogP contribution in [0.15, 0.2) is 43.0 Å². The van der Waals surface area contributed by atoms with Gasteiger partial charge in [-0.1, -0.05) is 30.4 Å². The number of benzene rings is 1. The molecule has 1 aromatic rings. The summed E-state index contributed by atoms with van der Waals surface area (Å²) in [6.07, 6.45) is 8.08. The minimum absolute atomic E-state index is 0.309. The molecule has 0 aromatic heterocycles. The highest BCUT2D eigenvalue weighted by atomic mass is 16.3. The van der Waals surface area contributed by atoms with Gasteiger partial charge in [0.25, 0.3) is 0 Å². The predicted octanol–water partition coefficient (Wildman–Crippen LogP) is 3.37. The molecule has 0 heterocycles. The second kappa shape index (κ2) is 5.20. The molecule has 13 heavy (non-hydrogen) atoms. The van der Waals surface area contributed by atoms with E-state index in [4.69, 9.17) is 5.11 Å². The SMILES string of the molecule is C=CCCC=Cc1ccc(O)cc1. The summed E-state index contributed by atoms with van der Waals surface area (Å²) in [4.78, 5) is 0. The van der Waals surface area contributed by atoms with Crippen LogP contribution in [0.5, 0.6) is 5.75 Å². The van der Waals surface area contributed by atoms with Crippen molar-refractivity contribution in [1.82, 2.24) is 0 Å². The van der Waals surface area contributed by atoms with Crippen LogP contribution in [-0.2, 0) is 0 Å². The summed E-state index contributed by atoms with van der Waals surface area (Å²) in [5, 5.41) is 9.03. The summed E-state index contributed by atoms with van der Waals surface area (Å²) in [6.45, 7) is 3.65. The van der Waals surface area contributed by atoms with Gasteiger partial charge in [0.2, 0.25) is 0 Å². The molecule has 0 amide bonds. The fourth-order valence-corrected chi connectivity index (χ4v) is 1.02. The van der Waals surface area contributed by atoms with Crippen molar-refractivity contribution in [3.8, 4) is 5.75 Å². The zero-order valence-corrected chi connectivity index (χ0v) is 7.61. The van der Waals surface area contributed by atoms with Gasteiger partial charge in [-0.3, -0.25) is 0 Å². The molecular weight excluding hydrogens is 160 g/mol. The highest BCUT2D eigenvalue weighted by Crippen LogP contribution is 2.11. The van der Waals surface area contributed by atoms with Gasteiger partial charge >= 0.3 is 0 Å². The van der Waals surface area contributed by atoms with Gasteiger partial charge in [0.1, 0.15) is 5.75 Å². The lowest BCUT2D eigenvalue weighted by Gasteiger charge is -1.93. The molecule has 1 heteroatoms. The zero-order valence-electron chi connectivity index (χ0n) is 7.61. The quantitative estimate of drug-likeness (QED) is 0.548. The van der Waals surface area contributed by atoms with Crippen molar-refractivity contribution in [1.29, 1.82) is 0 Å². The lowest BCUT2D eigenvalue weighted by molar-refractivity contribution is 0.475. The molecule has 0 unspecified atom stereocenters. The second-order valence-electron chi connectivity index (χ2n) is 2.86. The van der Waals surface area contributed by atoms with Gasteiger partial charge in [0.15, 0.2) is 0 Å². The van der Waals surface area contributed by atoms with Crippen molar-refractivity contribution < 1.29 is 5.11 Å². The number of rotatable bonds is 4. The summed E-state index contributed by atoms with van der Waals surface area (Å²) in [5.41, 5.74) is 1.11. The Labute approximate surface area is 79.0 Å². The molecule has 0 aliphatic rings. The molecule has 0 saturated carbocycles. The van der Waals surface area contributed by atoms with E-state index in [0.29, 0.717) is 5.75 Å². The number of hydrogen-bond donors (Lipinski definition) is 1. The lowest BCUT2D eigenvalue weighted by atomic mass is 10.2. The Bertz CT molecular complexity index is 282. The Morgan fingerprint density at radius 1 is 1.15 bits per heavy atom. The van der Waals surface area contributed by atoms with Crippen LogP contribution in [0, 0.1) is 0 Å². The van der Waals surface area contributed by atoms with E-state index in [1.54, 1.807) is 12.1 Å². The Hall–Kier alpha value is -1.50. The molecule has 1 N–H and O–H groups in total. The van der Waals surface area contributed by atoms with E-state index in [2.05, 4.69) is 12.7 Å². The van der Waals surface area contributed by atoms with Gasteiger partial charge < -0.3 is 5.11 Å². The maximum atomic E-state index is 9.03. The molecule has 0 radical (unpaired) electrons. The van der Waals surface area contributed by atoms with Gasteiger partial charge in [-0.05, 0) is 30.5 Å². The molecule has 0 fully saturated rings. The van der Waals surface area contributed by atoms with Crippen LogP contribution in [0.3, 0.4) is 0 Å². The molecule has 0 aliphatic carbocycles. The zero-order chi connectivity index (χ0) is 9.52. The highest BCUT2D eigenvalue weighted by Gasteiger charge is 1.86. The van der Waals surface area contributed by atoms with Crippen LogP contribution in [0.1, 0.15) is 18.4 Å². The second-order valence-corrected chi connectivity index (χ2v) is 2.86. The minimum Gasteiger partial charge on any atom is -0.508 e. The maximum Gasteiger partial charge on any atom is 0.115 e. The third-order valence-electron chi connectivity index (χ3n) is 1.74. The van der Waals surface area contributed by atoms with Crippen LogP contribution >= 0.6 is 0 Å². The summed E-state index contributed by atoms with van der Waals surface area (Å²) in [6, 6.07) is 7.15. The number of phenols is 1. The lowest BCUT2D eigenvalue weighted by Crippen LogP contribution is -1.70. The molecular formula is C12H14O. The van der Waals surface area contributed by atoms with Crippen LogP contribution in [0.4, 0.5) is 0 Å². The largest absolute Gasteiger partial charge is 0.508 e. The first-order valence-corrected chi connectivity index (χ1v) is 4.39. The standard InChI is InChI=1S/C12H14O/c1-2-3-4-5-6-11-7-9-12(13)10-8-11/h2,5-10,13H,1,3-4H2. The first-order valence-electron chi connectivity index (χ1n) is 4.39. The molecule has 0 spiro atoms. The van der Waals surface area contributed by atoms with Crippen molar-refractivity contribution in [2.24, 2.45) is 0 Å². The van der Waals surface area contributed by atoms with E-state index >= 15 is 0 Å². The van der Waals surface area contributed by atoms with Crippen molar-refractivity contribution in [2.75, 3.05) is 0 Å². The van der Waals surface area contributed by atoms with E-state index in [0.717, 1.165) is 18.4 Å². The number of allylic oxidation sites excluding steroid dienone is 2. The number of hydrogen-bond acceptors (Lipinski definition) is 1. The molecule has 0 bridgehead atoms. The Morgan fingerprint density at radius 3 is 2.46 bits per heavy atom. The third kappa shape index (κ3) is 3.61. The maximum absolute atomic E-state index is 9.03. The number of phenolic OH excluding ortho intramolecular Hbond substituents is 1. The molecule has 0 saturated heterocycles. The van der Waals surface area contributed by atoms with Crippen LogP contribution in [0.25, 0.3) is 6.08 Å². The fraction of sp³-hybridized carbons (Fsp3) is 0.167. The van der Waals surface area contributed by atoms with E-state index in [1.807, 2.05) is 24.3 Å². The Kier molecular flexibility index (Phi) is 3.83. The summed E-state index contributed by atoms with van der Waals surface area (Å²) in [7, 11) is 0. The van der Waals surface area contributed by atoms with Crippen molar-refractivity contribution >= 4 is 6.08 Å². The van der Waals surface area contributed by atoms with E-state index in [9.17, 15) is 0 Å². The smallest absolute Gasteiger partial charge is 0.115 e.